The molecule has 0 aliphatic rings. The number of thiophene rings is 1. The van der Waals surface area contributed by atoms with Gasteiger partial charge in [-0.1, -0.05) is 20.8 Å². The first-order chi connectivity index (χ1) is 8.50. The summed E-state index contributed by atoms with van der Waals surface area (Å²) in [5.74, 6) is -0.775. The lowest BCUT2D eigenvalue weighted by Crippen LogP contribution is -2.43. The van der Waals surface area contributed by atoms with Gasteiger partial charge >= 0.3 is 5.97 Å². The Morgan fingerprint density at radius 2 is 1.79 bits per heavy atom. The van der Waals surface area contributed by atoms with E-state index in [4.69, 9.17) is 5.11 Å². The average molecular weight is 283 g/mol. The van der Waals surface area contributed by atoms with Crippen molar-refractivity contribution in [3.8, 4) is 0 Å². The van der Waals surface area contributed by atoms with Crippen LogP contribution in [0, 0.1) is 0 Å². The van der Waals surface area contributed by atoms with E-state index in [1.54, 1.807) is 11.3 Å². The molecule has 1 heterocycles. The molecule has 1 aromatic rings. The standard InChI is InChI=1S/C15H25NO2S/c1-14(2,3)12-8-7-11(19-12)9-16(10-13(17)18)15(4,5)6/h7-8H,9-10H2,1-6H3,(H,17,18). The molecular weight excluding hydrogens is 258 g/mol. The number of carboxylic acids is 1. The molecule has 1 aromatic heterocycles. The highest BCUT2D eigenvalue weighted by Crippen LogP contribution is 2.31. The Bertz CT molecular complexity index is 438. The second kappa shape index (κ2) is 5.63. The lowest BCUT2D eigenvalue weighted by molar-refractivity contribution is -0.139. The highest BCUT2D eigenvalue weighted by Gasteiger charge is 2.25. The van der Waals surface area contributed by atoms with Gasteiger partial charge in [-0.05, 0) is 38.3 Å². The van der Waals surface area contributed by atoms with Crippen molar-refractivity contribution in [3.63, 3.8) is 0 Å². The zero-order valence-corrected chi connectivity index (χ0v) is 13.6. The summed E-state index contributed by atoms with van der Waals surface area (Å²) >= 11 is 1.78. The molecule has 3 nitrogen and oxygen atoms in total. The second-order valence-electron chi connectivity index (χ2n) is 6.94. The molecule has 1 rings (SSSR count). The van der Waals surface area contributed by atoms with Crippen LogP contribution in [0.5, 0.6) is 0 Å². The van der Waals surface area contributed by atoms with Crippen LogP contribution in [0.2, 0.25) is 0 Å². The van der Waals surface area contributed by atoms with Gasteiger partial charge in [-0.3, -0.25) is 9.69 Å². The highest BCUT2D eigenvalue weighted by atomic mass is 32.1. The van der Waals surface area contributed by atoms with E-state index in [2.05, 4.69) is 32.9 Å². The van der Waals surface area contributed by atoms with Gasteiger partial charge in [0, 0.05) is 21.8 Å². The van der Waals surface area contributed by atoms with Crippen molar-refractivity contribution in [3.05, 3.63) is 21.9 Å². The fourth-order valence-corrected chi connectivity index (χ4v) is 2.83. The third-order valence-corrected chi connectivity index (χ3v) is 4.52. The van der Waals surface area contributed by atoms with Crippen LogP contribution in [-0.2, 0) is 16.8 Å². The Balaban J connectivity index is 2.85. The molecule has 0 fully saturated rings. The summed E-state index contributed by atoms with van der Waals surface area (Å²) in [6, 6.07) is 4.27. The third-order valence-electron chi connectivity index (χ3n) is 3.02. The maximum absolute atomic E-state index is 11.0. The Morgan fingerprint density at radius 1 is 1.21 bits per heavy atom. The van der Waals surface area contributed by atoms with Crippen LogP contribution in [-0.4, -0.2) is 28.1 Å². The molecule has 108 valence electrons. The molecular formula is C15H25NO2S. The maximum atomic E-state index is 11.0. The molecule has 0 atom stereocenters. The van der Waals surface area contributed by atoms with Crippen molar-refractivity contribution in [2.75, 3.05) is 6.54 Å². The molecule has 0 aliphatic heterocycles. The lowest BCUT2D eigenvalue weighted by Gasteiger charge is -2.33. The average Bonchev–Trinajstić information content (AvgIpc) is 2.62. The molecule has 0 spiro atoms. The Hall–Kier alpha value is -0.870. The van der Waals surface area contributed by atoms with E-state index in [0.717, 1.165) is 0 Å². The van der Waals surface area contributed by atoms with Crippen LogP contribution >= 0.6 is 11.3 Å². The van der Waals surface area contributed by atoms with E-state index in [-0.39, 0.29) is 17.5 Å². The monoisotopic (exact) mass is 283 g/mol. The summed E-state index contributed by atoms with van der Waals surface area (Å²) in [5, 5.41) is 9.02. The van der Waals surface area contributed by atoms with E-state index in [1.165, 1.54) is 9.75 Å². The van der Waals surface area contributed by atoms with Gasteiger partial charge in [-0.25, -0.2) is 0 Å². The number of aliphatic carboxylic acids is 1. The Labute approximate surface area is 120 Å². The maximum Gasteiger partial charge on any atom is 0.317 e. The number of hydrogen-bond donors (Lipinski definition) is 1. The van der Waals surface area contributed by atoms with Crippen molar-refractivity contribution in [2.24, 2.45) is 0 Å². The molecule has 0 aliphatic carbocycles. The van der Waals surface area contributed by atoms with Gasteiger partial charge in [0.25, 0.3) is 0 Å². The van der Waals surface area contributed by atoms with Crippen LogP contribution in [0.25, 0.3) is 0 Å². The van der Waals surface area contributed by atoms with Crippen molar-refractivity contribution < 1.29 is 9.90 Å². The molecule has 1 N–H and O–H groups in total. The molecule has 0 unspecified atom stereocenters. The summed E-state index contributed by atoms with van der Waals surface area (Å²) in [4.78, 5) is 15.5. The zero-order valence-electron chi connectivity index (χ0n) is 12.8. The quantitative estimate of drug-likeness (QED) is 0.915. The van der Waals surface area contributed by atoms with Gasteiger partial charge in [0.1, 0.15) is 0 Å². The molecule has 0 amide bonds. The highest BCUT2D eigenvalue weighted by molar-refractivity contribution is 7.12. The van der Waals surface area contributed by atoms with Crippen LogP contribution in [0.15, 0.2) is 12.1 Å². The summed E-state index contributed by atoms with van der Waals surface area (Å²) in [7, 11) is 0. The molecule has 19 heavy (non-hydrogen) atoms. The fourth-order valence-electron chi connectivity index (χ4n) is 1.75. The van der Waals surface area contributed by atoms with Gasteiger partial charge in [-0.15, -0.1) is 11.3 Å². The largest absolute Gasteiger partial charge is 0.480 e. The second-order valence-corrected chi connectivity index (χ2v) is 8.10. The van der Waals surface area contributed by atoms with Crippen molar-refractivity contribution in [1.82, 2.24) is 4.90 Å². The zero-order chi connectivity index (χ0) is 14.8. The first kappa shape index (κ1) is 16.2. The van der Waals surface area contributed by atoms with Crippen molar-refractivity contribution in [2.45, 2.75) is 59.0 Å². The van der Waals surface area contributed by atoms with E-state index >= 15 is 0 Å². The smallest absolute Gasteiger partial charge is 0.317 e. The summed E-state index contributed by atoms with van der Waals surface area (Å²) in [6.45, 7) is 13.5. The first-order valence-electron chi connectivity index (χ1n) is 6.56. The van der Waals surface area contributed by atoms with E-state index in [1.807, 2.05) is 25.7 Å². The summed E-state index contributed by atoms with van der Waals surface area (Å²) in [6.07, 6.45) is 0. The van der Waals surface area contributed by atoms with Gasteiger partial charge < -0.3 is 5.11 Å². The Kier molecular flexibility index (Phi) is 4.80. The van der Waals surface area contributed by atoms with Gasteiger partial charge in [0.05, 0.1) is 6.54 Å². The van der Waals surface area contributed by atoms with E-state index in [9.17, 15) is 4.79 Å². The predicted molar refractivity (Wildman–Crippen MR) is 80.8 cm³/mol. The van der Waals surface area contributed by atoms with Gasteiger partial charge in [0.2, 0.25) is 0 Å². The SMILES string of the molecule is CC(C)(C)c1ccc(CN(CC(=O)O)C(C)(C)C)s1. The fraction of sp³-hybridized carbons (Fsp3) is 0.667. The molecule has 0 saturated heterocycles. The predicted octanol–water partition coefficient (Wildman–Crippen LogP) is 3.73. The van der Waals surface area contributed by atoms with Crippen LogP contribution in [0.1, 0.15) is 51.3 Å². The molecule has 0 bridgehead atoms. The lowest BCUT2D eigenvalue weighted by atomic mass is 9.95. The topological polar surface area (TPSA) is 40.5 Å². The van der Waals surface area contributed by atoms with E-state index < -0.39 is 5.97 Å². The first-order valence-corrected chi connectivity index (χ1v) is 7.38. The number of carbonyl (C=O) groups is 1. The summed E-state index contributed by atoms with van der Waals surface area (Å²) < 4.78 is 0. The minimum Gasteiger partial charge on any atom is -0.480 e. The molecule has 0 aromatic carbocycles. The van der Waals surface area contributed by atoms with E-state index in [0.29, 0.717) is 6.54 Å². The molecule has 0 radical (unpaired) electrons. The minimum absolute atomic E-state index is 0.0756. The molecule has 0 saturated carbocycles. The van der Waals surface area contributed by atoms with Gasteiger partial charge in [-0.2, -0.15) is 0 Å². The number of carboxylic acid groups (broad SMARTS) is 1. The van der Waals surface area contributed by atoms with Crippen molar-refractivity contribution >= 4 is 17.3 Å². The third kappa shape index (κ3) is 4.96. The van der Waals surface area contributed by atoms with Crippen molar-refractivity contribution in [1.29, 1.82) is 0 Å². The van der Waals surface area contributed by atoms with Crippen LogP contribution in [0.3, 0.4) is 0 Å². The number of rotatable bonds is 4. The Morgan fingerprint density at radius 3 is 2.16 bits per heavy atom. The number of hydrogen-bond acceptors (Lipinski definition) is 3. The minimum atomic E-state index is -0.775. The van der Waals surface area contributed by atoms with Gasteiger partial charge in [0.15, 0.2) is 0 Å². The van der Waals surface area contributed by atoms with Crippen LogP contribution < -0.4 is 0 Å². The summed E-state index contributed by atoms with van der Waals surface area (Å²) in [5.41, 5.74) is 0.00650. The normalized spacial score (nSPS) is 13.0. The number of nitrogens with zero attached hydrogens (tertiary/aromatic N) is 1. The molecule has 4 heteroatoms. The van der Waals surface area contributed by atoms with Crippen LogP contribution in [0.4, 0.5) is 0 Å².